The van der Waals surface area contributed by atoms with Crippen LogP contribution in [0.15, 0.2) is 24.3 Å². The van der Waals surface area contributed by atoms with Gasteiger partial charge in [0.2, 0.25) is 11.8 Å². The van der Waals surface area contributed by atoms with E-state index in [9.17, 15) is 14.4 Å². The molecule has 2 aliphatic heterocycles. The summed E-state index contributed by atoms with van der Waals surface area (Å²) < 4.78 is 5.10. The molecule has 28 heavy (non-hydrogen) atoms. The summed E-state index contributed by atoms with van der Waals surface area (Å²) in [5, 5.41) is 3.09. The lowest BCUT2D eigenvalue weighted by molar-refractivity contribution is -0.140. The van der Waals surface area contributed by atoms with Crippen LogP contribution in [0, 0.1) is 0 Å². The SMILES string of the molecule is COc1ccc(C(=O)CCCC(=O)N2CCCC(N3CCNCC3=O)C2)cc1. The quantitative estimate of drug-likeness (QED) is 0.717. The molecule has 1 unspecified atom stereocenters. The largest absolute Gasteiger partial charge is 0.497 e. The van der Waals surface area contributed by atoms with Crippen LogP contribution in [0.4, 0.5) is 0 Å². The van der Waals surface area contributed by atoms with E-state index in [1.54, 1.807) is 31.4 Å². The van der Waals surface area contributed by atoms with Crippen molar-refractivity contribution in [2.45, 2.75) is 38.1 Å². The molecule has 1 N–H and O–H groups in total. The van der Waals surface area contributed by atoms with E-state index in [1.165, 1.54) is 0 Å². The molecule has 0 aromatic heterocycles. The maximum absolute atomic E-state index is 12.6. The van der Waals surface area contributed by atoms with Gasteiger partial charge < -0.3 is 19.9 Å². The molecular formula is C21H29N3O4. The molecule has 1 aromatic carbocycles. The number of carbonyl (C=O) groups excluding carboxylic acids is 3. The first-order chi connectivity index (χ1) is 13.6. The van der Waals surface area contributed by atoms with Crippen LogP contribution in [-0.2, 0) is 9.59 Å². The molecule has 2 heterocycles. The average Bonchev–Trinajstić information content (AvgIpc) is 2.74. The number of amides is 2. The minimum Gasteiger partial charge on any atom is -0.497 e. The van der Waals surface area contributed by atoms with Crippen LogP contribution in [0.5, 0.6) is 5.75 Å². The average molecular weight is 387 g/mol. The van der Waals surface area contributed by atoms with Gasteiger partial charge in [-0.25, -0.2) is 0 Å². The van der Waals surface area contributed by atoms with Gasteiger partial charge >= 0.3 is 0 Å². The van der Waals surface area contributed by atoms with Crippen molar-refractivity contribution in [2.75, 3.05) is 39.8 Å². The Morgan fingerprint density at radius 2 is 1.96 bits per heavy atom. The van der Waals surface area contributed by atoms with Crippen molar-refractivity contribution in [3.63, 3.8) is 0 Å². The number of nitrogens with one attached hydrogen (secondary N) is 1. The highest BCUT2D eigenvalue weighted by Crippen LogP contribution is 2.19. The zero-order chi connectivity index (χ0) is 19.9. The Morgan fingerprint density at radius 1 is 1.18 bits per heavy atom. The molecule has 3 rings (SSSR count). The topological polar surface area (TPSA) is 79.0 Å². The number of methoxy groups -OCH3 is 1. The molecule has 2 amide bonds. The number of ketones is 1. The van der Waals surface area contributed by atoms with Crippen molar-refractivity contribution in [3.8, 4) is 5.75 Å². The molecular weight excluding hydrogens is 358 g/mol. The predicted octanol–water partition coefficient (Wildman–Crippen LogP) is 1.47. The van der Waals surface area contributed by atoms with Gasteiger partial charge in [0.1, 0.15) is 5.75 Å². The van der Waals surface area contributed by atoms with Crippen LogP contribution < -0.4 is 10.1 Å². The number of hydrogen-bond acceptors (Lipinski definition) is 5. The van der Waals surface area contributed by atoms with Gasteiger partial charge in [0.25, 0.3) is 0 Å². The van der Waals surface area contributed by atoms with E-state index in [0.717, 1.165) is 25.9 Å². The van der Waals surface area contributed by atoms with Crippen molar-refractivity contribution in [1.82, 2.24) is 15.1 Å². The number of hydrogen-bond donors (Lipinski definition) is 1. The maximum atomic E-state index is 12.6. The number of piperazine rings is 1. The van der Waals surface area contributed by atoms with E-state index in [2.05, 4.69) is 5.32 Å². The first kappa shape index (κ1) is 20.3. The second kappa shape index (κ2) is 9.68. The lowest BCUT2D eigenvalue weighted by atomic mass is 10.0. The van der Waals surface area contributed by atoms with Crippen LogP contribution in [0.3, 0.4) is 0 Å². The van der Waals surface area contributed by atoms with Crippen molar-refractivity contribution in [3.05, 3.63) is 29.8 Å². The molecule has 0 aliphatic carbocycles. The molecule has 0 bridgehead atoms. The summed E-state index contributed by atoms with van der Waals surface area (Å²) in [4.78, 5) is 40.8. The molecule has 7 heteroatoms. The molecule has 1 atom stereocenters. The zero-order valence-corrected chi connectivity index (χ0v) is 16.5. The van der Waals surface area contributed by atoms with Gasteiger partial charge in [-0.15, -0.1) is 0 Å². The molecule has 2 saturated heterocycles. The van der Waals surface area contributed by atoms with Crippen molar-refractivity contribution < 1.29 is 19.1 Å². The zero-order valence-electron chi connectivity index (χ0n) is 16.5. The van der Waals surface area contributed by atoms with Crippen molar-refractivity contribution >= 4 is 17.6 Å². The predicted molar refractivity (Wildman–Crippen MR) is 105 cm³/mol. The van der Waals surface area contributed by atoms with Gasteiger partial charge in [-0.3, -0.25) is 14.4 Å². The van der Waals surface area contributed by atoms with Gasteiger partial charge in [0, 0.05) is 50.6 Å². The smallest absolute Gasteiger partial charge is 0.236 e. The second-order valence-electron chi connectivity index (χ2n) is 7.40. The highest BCUT2D eigenvalue weighted by Gasteiger charge is 2.31. The van der Waals surface area contributed by atoms with E-state index < -0.39 is 0 Å². The fourth-order valence-electron chi connectivity index (χ4n) is 3.92. The van der Waals surface area contributed by atoms with E-state index >= 15 is 0 Å². The Kier molecular flexibility index (Phi) is 7.03. The summed E-state index contributed by atoms with van der Waals surface area (Å²) in [6.45, 7) is 3.25. The Labute approximate surface area is 166 Å². The molecule has 0 spiro atoms. The summed E-state index contributed by atoms with van der Waals surface area (Å²) in [7, 11) is 1.59. The number of ether oxygens (including phenoxy) is 1. The normalized spacial score (nSPS) is 20.2. The lowest BCUT2D eigenvalue weighted by Crippen LogP contribution is -2.57. The summed E-state index contributed by atoms with van der Waals surface area (Å²) >= 11 is 0. The number of rotatable bonds is 7. The fraction of sp³-hybridized carbons (Fsp3) is 0.571. The Morgan fingerprint density at radius 3 is 2.68 bits per heavy atom. The molecule has 2 fully saturated rings. The summed E-state index contributed by atoms with van der Waals surface area (Å²) in [5.74, 6) is 0.957. The molecule has 2 aliphatic rings. The molecule has 0 saturated carbocycles. The first-order valence-corrected chi connectivity index (χ1v) is 10.0. The van der Waals surface area contributed by atoms with Gasteiger partial charge in [-0.2, -0.15) is 0 Å². The standard InChI is InChI=1S/C21H29N3O4/c1-28-18-9-7-16(8-10-18)19(25)5-2-6-20(26)23-12-3-4-17(15-23)24-13-11-22-14-21(24)27/h7-10,17,22H,2-6,11-15H2,1H3. The minimum absolute atomic E-state index is 0.0402. The number of Topliss-reactive ketones (excluding diaryl/α,β-unsaturated/α-hetero) is 1. The molecule has 152 valence electrons. The van der Waals surface area contributed by atoms with Crippen molar-refractivity contribution in [1.29, 1.82) is 0 Å². The summed E-state index contributed by atoms with van der Waals surface area (Å²) in [6.07, 6.45) is 3.12. The van der Waals surface area contributed by atoms with Crippen LogP contribution in [0.2, 0.25) is 0 Å². The maximum Gasteiger partial charge on any atom is 0.236 e. The van der Waals surface area contributed by atoms with Gasteiger partial charge in [0.05, 0.1) is 13.7 Å². The number of benzene rings is 1. The Bertz CT molecular complexity index is 704. The van der Waals surface area contributed by atoms with Crippen LogP contribution in [-0.4, -0.2) is 73.3 Å². The summed E-state index contributed by atoms with van der Waals surface area (Å²) in [6, 6.07) is 7.16. The number of piperidine rings is 1. The first-order valence-electron chi connectivity index (χ1n) is 10.0. The van der Waals surface area contributed by atoms with Crippen molar-refractivity contribution in [2.24, 2.45) is 0 Å². The number of nitrogens with zero attached hydrogens (tertiary/aromatic N) is 2. The summed E-state index contributed by atoms with van der Waals surface area (Å²) in [5.41, 5.74) is 0.642. The number of likely N-dealkylation sites (tertiary alicyclic amines) is 1. The van der Waals surface area contributed by atoms with Gasteiger partial charge in [-0.05, 0) is 43.5 Å². The highest BCUT2D eigenvalue weighted by atomic mass is 16.5. The Hall–Kier alpha value is -2.41. The Balaban J connectivity index is 1.44. The third kappa shape index (κ3) is 5.10. The lowest BCUT2D eigenvalue weighted by Gasteiger charge is -2.41. The van der Waals surface area contributed by atoms with Crippen LogP contribution in [0.25, 0.3) is 0 Å². The molecule has 7 nitrogen and oxygen atoms in total. The molecule has 1 aromatic rings. The van der Waals surface area contributed by atoms with E-state index in [1.807, 2.05) is 9.80 Å². The van der Waals surface area contributed by atoms with Crippen LogP contribution in [0.1, 0.15) is 42.5 Å². The number of carbonyl (C=O) groups is 3. The monoisotopic (exact) mass is 387 g/mol. The van der Waals surface area contributed by atoms with E-state index in [-0.39, 0.29) is 23.6 Å². The second-order valence-corrected chi connectivity index (χ2v) is 7.40. The molecule has 0 radical (unpaired) electrons. The van der Waals surface area contributed by atoms with E-state index in [0.29, 0.717) is 50.2 Å². The fourth-order valence-corrected chi connectivity index (χ4v) is 3.92. The third-order valence-corrected chi connectivity index (χ3v) is 5.52. The van der Waals surface area contributed by atoms with Gasteiger partial charge in [-0.1, -0.05) is 0 Å². The minimum atomic E-state index is 0.0402. The third-order valence-electron chi connectivity index (χ3n) is 5.52. The van der Waals surface area contributed by atoms with E-state index in [4.69, 9.17) is 4.74 Å². The highest BCUT2D eigenvalue weighted by molar-refractivity contribution is 5.96. The van der Waals surface area contributed by atoms with Crippen LogP contribution >= 0.6 is 0 Å². The van der Waals surface area contributed by atoms with Gasteiger partial charge in [0.15, 0.2) is 5.78 Å².